The van der Waals surface area contributed by atoms with Crippen molar-refractivity contribution < 1.29 is 9.53 Å². The van der Waals surface area contributed by atoms with Crippen LogP contribution in [0.4, 0.5) is 4.79 Å². The van der Waals surface area contributed by atoms with E-state index in [0.717, 1.165) is 19.5 Å². The molecule has 1 aliphatic heterocycles. The molecule has 0 saturated carbocycles. The van der Waals surface area contributed by atoms with Crippen LogP contribution in [-0.2, 0) is 4.74 Å². The molecule has 1 rings (SSSR count). The van der Waals surface area contributed by atoms with E-state index < -0.39 is 0 Å². The largest absolute Gasteiger partial charge is 0.445 e. The monoisotopic (exact) mass is 198 g/mol. The molecule has 0 spiro atoms. The Kier molecular flexibility index (Phi) is 3.95. The molecule has 14 heavy (non-hydrogen) atoms. The van der Waals surface area contributed by atoms with Crippen molar-refractivity contribution in [3.63, 3.8) is 0 Å². The van der Waals surface area contributed by atoms with Crippen LogP contribution in [0.15, 0.2) is 12.7 Å². The van der Waals surface area contributed by atoms with Gasteiger partial charge in [-0.15, -0.1) is 0 Å². The fraction of sp³-hybridized carbons (Fsp3) is 0.700. The molecule has 0 radical (unpaired) electrons. The van der Waals surface area contributed by atoms with E-state index in [4.69, 9.17) is 10.5 Å². The van der Waals surface area contributed by atoms with Gasteiger partial charge in [-0.1, -0.05) is 12.7 Å². The second-order valence-electron chi connectivity index (χ2n) is 3.85. The van der Waals surface area contributed by atoms with Gasteiger partial charge in [0.25, 0.3) is 0 Å². The van der Waals surface area contributed by atoms with Gasteiger partial charge in [-0.25, -0.2) is 4.79 Å². The molecule has 2 N–H and O–H groups in total. The summed E-state index contributed by atoms with van der Waals surface area (Å²) >= 11 is 0. The Bertz CT molecular complexity index is 210. The first-order valence-corrected chi connectivity index (χ1v) is 4.91. The fourth-order valence-corrected chi connectivity index (χ4v) is 1.62. The van der Waals surface area contributed by atoms with E-state index in [0.29, 0.717) is 5.92 Å². The Hall–Kier alpha value is -1.03. The zero-order valence-corrected chi connectivity index (χ0v) is 8.61. The maximum atomic E-state index is 11.2. The predicted octanol–water partition coefficient (Wildman–Crippen LogP) is 0.978. The number of amides is 1. The SMILES string of the molecule is C=CCOC(=O)N1CC(CC(C)N)C1. The van der Waals surface area contributed by atoms with Gasteiger partial charge >= 0.3 is 6.09 Å². The highest BCUT2D eigenvalue weighted by Crippen LogP contribution is 2.20. The maximum absolute atomic E-state index is 11.2. The summed E-state index contributed by atoms with van der Waals surface area (Å²) < 4.78 is 4.89. The van der Waals surface area contributed by atoms with Gasteiger partial charge in [-0.3, -0.25) is 0 Å². The second-order valence-corrected chi connectivity index (χ2v) is 3.85. The average molecular weight is 198 g/mol. The zero-order valence-electron chi connectivity index (χ0n) is 8.61. The van der Waals surface area contributed by atoms with Crippen molar-refractivity contribution in [1.82, 2.24) is 4.90 Å². The van der Waals surface area contributed by atoms with Gasteiger partial charge in [0.05, 0.1) is 0 Å². The van der Waals surface area contributed by atoms with Gasteiger partial charge in [0.1, 0.15) is 6.61 Å². The predicted molar refractivity (Wildman–Crippen MR) is 54.9 cm³/mol. The summed E-state index contributed by atoms with van der Waals surface area (Å²) in [6, 6.07) is 0.214. The maximum Gasteiger partial charge on any atom is 0.410 e. The first-order valence-electron chi connectivity index (χ1n) is 4.91. The lowest BCUT2D eigenvalue weighted by Gasteiger charge is -2.38. The molecule has 80 valence electrons. The molecule has 1 fully saturated rings. The Morgan fingerprint density at radius 1 is 1.79 bits per heavy atom. The number of carbonyl (C=O) groups excluding carboxylic acids is 1. The molecule has 0 aliphatic carbocycles. The fourth-order valence-electron chi connectivity index (χ4n) is 1.62. The van der Waals surface area contributed by atoms with Crippen molar-refractivity contribution in [2.45, 2.75) is 19.4 Å². The molecule has 1 heterocycles. The molecule has 1 aliphatic rings. The topological polar surface area (TPSA) is 55.6 Å². The average Bonchev–Trinajstić information content (AvgIpc) is 2.06. The minimum atomic E-state index is -0.245. The molecular formula is C10H18N2O2. The number of carbonyl (C=O) groups is 1. The Morgan fingerprint density at radius 2 is 2.43 bits per heavy atom. The summed E-state index contributed by atoms with van der Waals surface area (Å²) in [5.74, 6) is 0.547. The normalized spacial score (nSPS) is 18.6. The summed E-state index contributed by atoms with van der Waals surface area (Å²) in [6.07, 6.45) is 2.30. The van der Waals surface area contributed by atoms with Gasteiger partial charge in [0.15, 0.2) is 0 Å². The highest BCUT2D eigenvalue weighted by molar-refractivity contribution is 5.68. The van der Waals surface area contributed by atoms with E-state index in [9.17, 15) is 4.79 Å². The molecule has 1 unspecified atom stereocenters. The van der Waals surface area contributed by atoms with Gasteiger partial charge in [-0.2, -0.15) is 0 Å². The first kappa shape index (κ1) is 11.0. The van der Waals surface area contributed by atoms with E-state index >= 15 is 0 Å². The Balaban J connectivity index is 2.14. The number of rotatable bonds is 4. The van der Waals surface area contributed by atoms with Crippen molar-refractivity contribution in [2.24, 2.45) is 11.7 Å². The quantitative estimate of drug-likeness (QED) is 0.685. The van der Waals surface area contributed by atoms with E-state index in [1.807, 2.05) is 6.92 Å². The number of nitrogens with two attached hydrogens (primary N) is 1. The van der Waals surface area contributed by atoms with Gasteiger partial charge in [0.2, 0.25) is 0 Å². The van der Waals surface area contributed by atoms with Crippen molar-refractivity contribution in [3.8, 4) is 0 Å². The molecule has 1 saturated heterocycles. The third kappa shape index (κ3) is 3.03. The minimum absolute atomic E-state index is 0.214. The van der Waals surface area contributed by atoms with Crippen LogP contribution in [-0.4, -0.2) is 36.7 Å². The van der Waals surface area contributed by atoms with Crippen molar-refractivity contribution in [2.75, 3.05) is 19.7 Å². The number of hydrogen-bond donors (Lipinski definition) is 1. The minimum Gasteiger partial charge on any atom is -0.445 e. The van der Waals surface area contributed by atoms with Crippen molar-refractivity contribution in [3.05, 3.63) is 12.7 Å². The van der Waals surface area contributed by atoms with Crippen LogP contribution in [0.1, 0.15) is 13.3 Å². The van der Waals surface area contributed by atoms with Crippen LogP contribution in [0.3, 0.4) is 0 Å². The van der Waals surface area contributed by atoms with Gasteiger partial charge in [-0.05, 0) is 19.3 Å². The number of nitrogens with zero attached hydrogens (tertiary/aromatic N) is 1. The van der Waals surface area contributed by atoms with Crippen LogP contribution in [0.2, 0.25) is 0 Å². The number of ether oxygens (including phenoxy) is 1. The van der Waals surface area contributed by atoms with Gasteiger partial charge < -0.3 is 15.4 Å². The molecule has 0 aromatic heterocycles. The number of likely N-dealkylation sites (tertiary alicyclic amines) is 1. The van der Waals surface area contributed by atoms with Crippen LogP contribution in [0, 0.1) is 5.92 Å². The number of hydrogen-bond acceptors (Lipinski definition) is 3. The first-order chi connectivity index (χ1) is 6.63. The molecule has 1 atom stereocenters. The third-order valence-electron chi connectivity index (χ3n) is 2.25. The summed E-state index contributed by atoms with van der Waals surface area (Å²) in [5, 5.41) is 0. The highest BCUT2D eigenvalue weighted by atomic mass is 16.6. The summed E-state index contributed by atoms with van der Waals surface area (Å²) in [6.45, 7) is 7.30. The van der Waals surface area contributed by atoms with Crippen molar-refractivity contribution in [1.29, 1.82) is 0 Å². The van der Waals surface area contributed by atoms with E-state index in [-0.39, 0.29) is 18.7 Å². The van der Waals surface area contributed by atoms with Crippen molar-refractivity contribution >= 4 is 6.09 Å². The van der Waals surface area contributed by atoms with E-state index in [1.165, 1.54) is 0 Å². The van der Waals surface area contributed by atoms with E-state index in [2.05, 4.69) is 6.58 Å². The molecule has 4 heteroatoms. The standard InChI is InChI=1S/C10H18N2O2/c1-3-4-14-10(13)12-6-9(7-12)5-8(2)11/h3,8-9H,1,4-7,11H2,2H3. The van der Waals surface area contributed by atoms with Crippen LogP contribution in [0.25, 0.3) is 0 Å². The Labute approximate surface area is 84.7 Å². The smallest absolute Gasteiger partial charge is 0.410 e. The molecule has 4 nitrogen and oxygen atoms in total. The van der Waals surface area contributed by atoms with Crippen LogP contribution < -0.4 is 5.73 Å². The Morgan fingerprint density at radius 3 is 2.93 bits per heavy atom. The highest BCUT2D eigenvalue weighted by Gasteiger charge is 2.31. The summed E-state index contributed by atoms with van der Waals surface area (Å²) in [7, 11) is 0. The second kappa shape index (κ2) is 5.00. The zero-order chi connectivity index (χ0) is 10.6. The lowest BCUT2D eigenvalue weighted by Crippen LogP contribution is -2.51. The summed E-state index contributed by atoms with van der Waals surface area (Å²) in [5.41, 5.74) is 5.66. The van der Waals surface area contributed by atoms with Crippen LogP contribution >= 0.6 is 0 Å². The molecule has 0 aromatic carbocycles. The molecule has 0 bridgehead atoms. The van der Waals surface area contributed by atoms with E-state index in [1.54, 1.807) is 11.0 Å². The lowest BCUT2D eigenvalue weighted by molar-refractivity contribution is 0.0559. The molecule has 0 aromatic rings. The lowest BCUT2D eigenvalue weighted by atomic mass is 9.94. The molecular weight excluding hydrogens is 180 g/mol. The molecule has 1 amide bonds. The third-order valence-corrected chi connectivity index (χ3v) is 2.25. The van der Waals surface area contributed by atoms with Gasteiger partial charge in [0, 0.05) is 19.1 Å². The summed E-state index contributed by atoms with van der Waals surface area (Å²) in [4.78, 5) is 12.9. The van der Waals surface area contributed by atoms with Crippen LogP contribution in [0.5, 0.6) is 0 Å².